The lowest BCUT2D eigenvalue weighted by atomic mass is 9.84. The zero-order valence-corrected chi connectivity index (χ0v) is 16.6. The lowest BCUT2D eigenvalue weighted by Crippen LogP contribution is -2.39. The lowest BCUT2D eigenvalue weighted by Gasteiger charge is -2.32. The summed E-state index contributed by atoms with van der Waals surface area (Å²) < 4.78 is 31.6. The third-order valence-electron chi connectivity index (χ3n) is 4.50. The van der Waals surface area contributed by atoms with Crippen LogP contribution in [0.15, 0.2) is 21.5 Å². The Labute approximate surface area is 155 Å². The number of pyridine rings is 1. The Morgan fingerprint density at radius 3 is 2.58 bits per heavy atom. The van der Waals surface area contributed by atoms with E-state index in [4.69, 9.17) is 21.5 Å². The number of halogens is 2. The van der Waals surface area contributed by atoms with Crippen molar-refractivity contribution >= 4 is 37.6 Å². The first-order valence-corrected chi connectivity index (χ1v) is 10.8. The Hall–Kier alpha value is -0.570. The molecule has 6 nitrogen and oxygen atoms in total. The fourth-order valence-electron chi connectivity index (χ4n) is 3.20. The molecule has 1 fully saturated rings. The average Bonchev–Trinajstić information content (AvgIpc) is 2.50. The van der Waals surface area contributed by atoms with E-state index in [0.717, 1.165) is 17.3 Å². The molecule has 1 aliphatic carbocycles. The number of ether oxygens (including phenoxy) is 1. The number of rotatable bonds is 6. The molecule has 0 spiro atoms. The van der Waals surface area contributed by atoms with E-state index in [2.05, 4.69) is 15.9 Å². The Bertz CT molecular complexity index is 729. The van der Waals surface area contributed by atoms with Crippen LogP contribution in [0.4, 0.5) is 0 Å². The van der Waals surface area contributed by atoms with Gasteiger partial charge in [0.05, 0.1) is 15.8 Å². The molecule has 24 heavy (non-hydrogen) atoms. The number of nitrogens with two attached hydrogens (primary N) is 1. The normalized spacial score (nSPS) is 23.0. The Balaban J connectivity index is 2.00. The molecule has 0 saturated heterocycles. The SMILES string of the molecule is Cn1cc(Br)c(OC2CCC(C(CCCl)S(N)(=O)=O)CC2)cc1=O. The highest BCUT2D eigenvalue weighted by Crippen LogP contribution is 2.34. The van der Waals surface area contributed by atoms with E-state index in [0.29, 0.717) is 25.0 Å². The van der Waals surface area contributed by atoms with Gasteiger partial charge in [-0.1, -0.05) is 0 Å². The quantitative estimate of drug-likeness (QED) is 0.686. The molecule has 1 saturated carbocycles. The van der Waals surface area contributed by atoms with Crippen LogP contribution in [-0.4, -0.2) is 30.2 Å². The Morgan fingerprint density at radius 1 is 1.42 bits per heavy atom. The molecule has 0 amide bonds. The first-order valence-electron chi connectivity index (χ1n) is 7.82. The highest BCUT2D eigenvalue weighted by molar-refractivity contribution is 9.10. The predicted molar refractivity (Wildman–Crippen MR) is 98.0 cm³/mol. The zero-order chi connectivity index (χ0) is 17.9. The van der Waals surface area contributed by atoms with Gasteiger partial charge in [-0.05, 0) is 54.0 Å². The van der Waals surface area contributed by atoms with Gasteiger partial charge in [0, 0.05) is 25.2 Å². The van der Waals surface area contributed by atoms with Gasteiger partial charge >= 0.3 is 0 Å². The number of alkyl halides is 1. The van der Waals surface area contributed by atoms with Crippen molar-refractivity contribution in [2.75, 3.05) is 5.88 Å². The molecule has 1 aliphatic rings. The minimum atomic E-state index is -3.60. The fourth-order valence-corrected chi connectivity index (χ4v) is 5.34. The van der Waals surface area contributed by atoms with Crippen molar-refractivity contribution in [1.82, 2.24) is 4.57 Å². The summed E-state index contributed by atoms with van der Waals surface area (Å²) in [6.07, 6.45) is 4.87. The topological polar surface area (TPSA) is 91.4 Å². The minimum absolute atomic E-state index is 0.00526. The molecule has 0 bridgehead atoms. The van der Waals surface area contributed by atoms with Crippen LogP contribution in [0.2, 0.25) is 0 Å². The molecule has 1 aromatic heterocycles. The molecule has 1 atom stereocenters. The molecule has 2 rings (SSSR count). The number of hydrogen-bond acceptors (Lipinski definition) is 4. The fraction of sp³-hybridized carbons (Fsp3) is 0.667. The van der Waals surface area contributed by atoms with Crippen molar-refractivity contribution in [1.29, 1.82) is 0 Å². The van der Waals surface area contributed by atoms with Crippen molar-refractivity contribution in [3.8, 4) is 5.75 Å². The summed E-state index contributed by atoms with van der Waals surface area (Å²) in [5.74, 6) is 0.800. The van der Waals surface area contributed by atoms with Crippen molar-refractivity contribution in [3.63, 3.8) is 0 Å². The van der Waals surface area contributed by atoms with Crippen LogP contribution in [0.3, 0.4) is 0 Å². The van der Waals surface area contributed by atoms with Gasteiger partial charge < -0.3 is 9.30 Å². The smallest absolute Gasteiger partial charge is 0.254 e. The second kappa shape index (κ2) is 8.21. The standard InChI is InChI=1S/C15H22BrClN2O4S/c1-19-9-12(16)13(8-15(19)20)23-11-4-2-10(3-5-11)14(6-7-17)24(18,21)22/h8-11,14H,2-7H2,1H3,(H2,18,21,22). The molecule has 1 unspecified atom stereocenters. The highest BCUT2D eigenvalue weighted by atomic mass is 79.9. The summed E-state index contributed by atoms with van der Waals surface area (Å²) >= 11 is 9.12. The van der Waals surface area contributed by atoms with Crippen molar-refractivity contribution < 1.29 is 13.2 Å². The maximum Gasteiger partial charge on any atom is 0.254 e. The van der Waals surface area contributed by atoms with Gasteiger partial charge in [0.1, 0.15) is 5.75 Å². The number of sulfonamides is 1. The van der Waals surface area contributed by atoms with Crippen LogP contribution in [0.25, 0.3) is 0 Å². The minimum Gasteiger partial charge on any atom is -0.489 e. The van der Waals surface area contributed by atoms with E-state index in [9.17, 15) is 13.2 Å². The number of nitrogens with zero attached hydrogens (tertiary/aromatic N) is 1. The van der Waals surface area contributed by atoms with Gasteiger partial charge in [-0.25, -0.2) is 13.6 Å². The summed E-state index contributed by atoms with van der Waals surface area (Å²) in [6.45, 7) is 0. The number of hydrogen-bond donors (Lipinski definition) is 1. The van der Waals surface area contributed by atoms with Crippen molar-refractivity contribution in [3.05, 3.63) is 27.1 Å². The van der Waals surface area contributed by atoms with Gasteiger partial charge in [-0.2, -0.15) is 0 Å². The van der Waals surface area contributed by atoms with Gasteiger partial charge in [-0.3, -0.25) is 4.79 Å². The van der Waals surface area contributed by atoms with Crippen LogP contribution in [0.1, 0.15) is 32.1 Å². The van der Waals surface area contributed by atoms with E-state index < -0.39 is 15.3 Å². The second-order valence-electron chi connectivity index (χ2n) is 6.19. The highest BCUT2D eigenvalue weighted by Gasteiger charge is 2.34. The largest absolute Gasteiger partial charge is 0.489 e. The van der Waals surface area contributed by atoms with E-state index in [1.54, 1.807) is 13.2 Å². The zero-order valence-electron chi connectivity index (χ0n) is 13.5. The second-order valence-corrected chi connectivity index (χ2v) is 9.21. The van der Waals surface area contributed by atoms with E-state index in [1.807, 2.05) is 0 Å². The summed E-state index contributed by atoms with van der Waals surface area (Å²) in [5.41, 5.74) is -0.140. The van der Waals surface area contributed by atoms with E-state index >= 15 is 0 Å². The Kier molecular flexibility index (Phi) is 6.75. The lowest BCUT2D eigenvalue weighted by molar-refractivity contribution is 0.128. The first kappa shape index (κ1) is 19.8. The van der Waals surface area contributed by atoms with Crippen molar-refractivity contribution in [2.24, 2.45) is 18.1 Å². The van der Waals surface area contributed by atoms with E-state index in [1.165, 1.54) is 10.6 Å². The monoisotopic (exact) mass is 440 g/mol. The maximum absolute atomic E-state index is 11.8. The van der Waals surface area contributed by atoms with Crippen LogP contribution < -0.4 is 15.4 Å². The molecule has 0 radical (unpaired) electrons. The molecule has 9 heteroatoms. The van der Waals surface area contributed by atoms with Gasteiger partial charge in [0.2, 0.25) is 10.0 Å². The number of aromatic nitrogens is 1. The summed E-state index contributed by atoms with van der Waals surface area (Å²) in [6, 6.07) is 1.46. The maximum atomic E-state index is 11.8. The van der Waals surface area contributed by atoms with Crippen LogP contribution in [-0.2, 0) is 17.1 Å². The van der Waals surface area contributed by atoms with Crippen molar-refractivity contribution in [2.45, 2.75) is 43.5 Å². The summed E-state index contributed by atoms with van der Waals surface area (Å²) in [5, 5.41) is 4.75. The predicted octanol–water partition coefficient (Wildman–Crippen LogP) is 2.37. The van der Waals surface area contributed by atoms with Crippen LogP contribution in [0.5, 0.6) is 5.75 Å². The third kappa shape index (κ3) is 4.97. The molecule has 136 valence electrons. The van der Waals surface area contributed by atoms with Gasteiger partial charge in [0.15, 0.2) is 0 Å². The average molecular weight is 442 g/mol. The summed E-state index contributed by atoms with van der Waals surface area (Å²) in [4.78, 5) is 11.7. The molecular weight excluding hydrogens is 420 g/mol. The summed E-state index contributed by atoms with van der Waals surface area (Å²) in [7, 11) is -1.92. The van der Waals surface area contributed by atoms with Gasteiger partial charge in [0.25, 0.3) is 5.56 Å². The molecule has 1 aromatic rings. The van der Waals surface area contributed by atoms with E-state index in [-0.39, 0.29) is 23.5 Å². The molecule has 0 aromatic carbocycles. The molecule has 2 N–H and O–H groups in total. The number of aryl methyl sites for hydroxylation is 1. The number of primary sulfonamides is 1. The van der Waals surface area contributed by atoms with Crippen LogP contribution >= 0.6 is 27.5 Å². The molecule has 0 aliphatic heterocycles. The third-order valence-corrected chi connectivity index (χ3v) is 6.78. The first-order chi connectivity index (χ1) is 11.2. The Morgan fingerprint density at radius 2 is 2.04 bits per heavy atom. The molecular formula is C15H22BrClN2O4S. The van der Waals surface area contributed by atoms with Gasteiger partial charge in [-0.15, -0.1) is 11.6 Å². The molecule has 1 heterocycles. The van der Waals surface area contributed by atoms with Crippen LogP contribution in [0, 0.1) is 5.92 Å².